The molecule has 2 N–H and O–H groups in total. The number of rotatable bonds is 15. The number of aryl methyl sites for hydroxylation is 1. The number of carbonyl (C=O) groups is 3. The lowest BCUT2D eigenvalue weighted by molar-refractivity contribution is -0.162. The zero-order valence-electron chi connectivity index (χ0n) is 23.1. The molecule has 1 aliphatic carbocycles. The fourth-order valence-corrected chi connectivity index (χ4v) is 5.12. The van der Waals surface area contributed by atoms with E-state index in [-0.39, 0.29) is 18.3 Å². The summed E-state index contributed by atoms with van der Waals surface area (Å²) < 4.78 is 16.1. The van der Waals surface area contributed by atoms with E-state index in [0.717, 1.165) is 37.0 Å². The van der Waals surface area contributed by atoms with E-state index >= 15 is 0 Å². The Hall–Kier alpha value is -2.61. The van der Waals surface area contributed by atoms with Crippen molar-refractivity contribution >= 4 is 17.8 Å². The Morgan fingerprint density at radius 1 is 1.05 bits per heavy atom. The Balaban J connectivity index is 2.09. The molecule has 0 heterocycles. The van der Waals surface area contributed by atoms with Crippen LogP contribution in [-0.4, -0.2) is 55.4 Å². The summed E-state index contributed by atoms with van der Waals surface area (Å²) in [6.45, 7) is 5.89. The molecule has 1 aromatic rings. The Bertz CT molecular complexity index is 869. The predicted molar refractivity (Wildman–Crippen MR) is 141 cm³/mol. The molecule has 1 amide bonds. The van der Waals surface area contributed by atoms with Crippen molar-refractivity contribution in [2.75, 3.05) is 20.8 Å². The van der Waals surface area contributed by atoms with Gasteiger partial charge in [-0.2, -0.15) is 0 Å². The molecule has 208 valence electrons. The van der Waals surface area contributed by atoms with Crippen LogP contribution in [0.3, 0.4) is 0 Å². The Labute approximate surface area is 221 Å². The molecule has 1 aliphatic rings. The summed E-state index contributed by atoms with van der Waals surface area (Å²) in [5, 5.41) is 12.5. The molecule has 8 heteroatoms. The van der Waals surface area contributed by atoms with Crippen molar-refractivity contribution in [3.05, 3.63) is 29.8 Å². The van der Waals surface area contributed by atoms with Gasteiger partial charge < -0.3 is 24.6 Å². The first-order valence-electron chi connectivity index (χ1n) is 13.4. The van der Waals surface area contributed by atoms with Gasteiger partial charge >= 0.3 is 11.9 Å². The Morgan fingerprint density at radius 3 is 2.24 bits per heavy atom. The third-order valence-corrected chi connectivity index (χ3v) is 7.02. The number of ether oxygens (including phenoxy) is 3. The van der Waals surface area contributed by atoms with Gasteiger partial charge in [0, 0.05) is 19.8 Å². The monoisotopic (exact) mass is 519 g/mol. The number of amides is 1. The molecule has 0 aromatic heterocycles. The van der Waals surface area contributed by atoms with E-state index in [0.29, 0.717) is 38.7 Å². The highest BCUT2D eigenvalue weighted by Gasteiger charge is 2.45. The normalized spacial score (nSPS) is 16.6. The van der Waals surface area contributed by atoms with Crippen molar-refractivity contribution in [2.45, 2.75) is 96.6 Å². The highest BCUT2D eigenvalue weighted by Crippen LogP contribution is 2.44. The van der Waals surface area contributed by atoms with Gasteiger partial charge in [-0.15, -0.1) is 0 Å². The molecule has 0 radical (unpaired) electrons. The van der Waals surface area contributed by atoms with Crippen LogP contribution in [0.1, 0.15) is 84.1 Å². The summed E-state index contributed by atoms with van der Waals surface area (Å²) in [5.74, 6) is -1.08. The minimum atomic E-state index is -0.943. The third kappa shape index (κ3) is 10.3. The molecule has 8 nitrogen and oxygen atoms in total. The number of carbonyl (C=O) groups excluding carboxylic acids is 2. The number of carboxylic acids is 1. The molecule has 1 fully saturated rings. The maximum atomic E-state index is 13.7. The topological polar surface area (TPSA) is 111 Å². The second-order valence-electron chi connectivity index (χ2n) is 11.2. The van der Waals surface area contributed by atoms with E-state index in [9.17, 15) is 19.5 Å². The summed E-state index contributed by atoms with van der Waals surface area (Å²) in [7, 11) is 3.21. The molecule has 0 spiro atoms. The van der Waals surface area contributed by atoms with Gasteiger partial charge in [0.05, 0.1) is 24.9 Å². The smallest absolute Gasteiger partial charge is 0.309 e. The number of benzene rings is 1. The van der Waals surface area contributed by atoms with E-state index in [1.807, 2.05) is 45.0 Å². The highest BCUT2D eigenvalue weighted by molar-refractivity contribution is 5.85. The lowest BCUT2D eigenvalue weighted by Crippen LogP contribution is -2.47. The number of methoxy groups -OCH3 is 2. The van der Waals surface area contributed by atoms with E-state index in [2.05, 4.69) is 5.32 Å². The second kappa shape index (κ2) is 14.4. The van der Waals surface area contributed by atoms with Gasteiger partial charge in [-0.05, 0) is 83.4 Å². The first-order chi connectivity index (χ1) is 17.5. The fourth-order valence-electron chi connectivity index (χ4n) is 5.12. The lowest BCUT2D eigenvalue weighted by Gasteiger charge is -2.34. The van der Waals surface area contributed by atoms with Crippen molar-refractivity contribution in [2.24, 2.45) is 11.3 Å². The number of nitrogens with one attached hydrogen (secondary N) is 1. The molecule has 1 aromatic carbocycles. The number of carboxylic acid groups (broad SMARTS) is 1. The van der Waals surface area contributed by atoms with E-state index in [1.54, 1.807) is 14.2 Å². The third-order valence-electron chi connectivity index (χ3n) is 7.02. The average molecular weight is 520 g/mol. The molecule has 0 aliphatic heterocycles. The van der Waals surface area contributed by atoms with Crippen molar-refractivity contribution < 1.29 is 33.7 Å². The zero-order chi connectivity index (χ0) is 27.5. The van der Waals surface area contributed by atoms with Crippen molar-refractivity contribution in [3.63, 3.8) is 0 Å². The molecule has 0 unspecified atom stereocenters. The minimum Gasteiger partial charge on any atom is -0.497 e. The Kier molecular flexibility index (Phi) is 11.9. The van der Waals surface area contributed by atoms with Gasteiger partial charge in [-0.3, -0.25) is 14.4 Å². The van der Waals surface area contributed by atoms with Gasteiger partial charge in [0.25, 0.3) is 0 Å². The summed E-state index contributed by atoms with van der Waals surface area (Å²) in [6, 6.07) is 7.32. The average Bonchev–Trinajstić information content (AvgIpc) is 3.30. The standard InChI is InChI=1S/C29H45NO7/c1-28(2,3)37-26(33)22(15-18-35-4)20-29(16-6-7-17-29)27(34)30-23(19-25(31)32)10-8-9-21-11-13-24(36-5)14-12-21/h11-14,22-23H,6-10,15-20H2,1-5H3,(H,30,34)(H,31,32)/t22-,23+/m1/s1. The maximum Gasteiger partial charge on any atom is 0.309 e. The molecular formula is C29H45NO7. The lowest BCUT2D eigenvalue weighted by atomic mass is 9.75. The molecule has 1 saturated carbocycles. The summed E-state index contributed by atoms with van der Waals surface area (Å²) in [5.41, 5.74) is -0.196. The quantitative estimate of drug-likeness (QED) is 0.316. The van der Waals surface area contributed by atoms with Gasteiger partial charge in [0.15, 0.2) is 0 Å². The predicted octanol–water partition coefficient (Wildman–Crippen LogP) is 4.92. The molecule has 0 bridgehead atoms. The van der Waals surface area contributed by atoms with Gasteiger partial charge in [0.2, 0.25) is 5.91 Å². The number of aliphatic carboxylic acids is 1. The van der Waals surface area contributed by atoms with Crippen molar-refractivity contribution in [1.29, 1.82) is 0 Å². The van der Waals surface area contributed by atoms with Crippen molar-refractivity contribution in [3.8, 4) is 5.75 Å². The summed E-state index contributed by atoms with van der Waals surface area (Å²) in [4.78, 5) is 38.3. The van der Waals surface area contributed by atoms with Crippen LogP contribution in [0, 0.1) is 11.3 Å². The van der Waals surface area contributed by atoms with Crippen LogP contribution in [0.25, 0.3) is 0 Å². The van der Waals surface area contributed by atoms with Crippen LogP contribution < -0.4 is 10.1 Å². The van der Waals surface area contributed by atoms with Crippen LogP contribution >= 0.6 is 0 Å². The Morgan fingerprint density at radius 2 is 1.70 bits per heavy atom. The zero-order valence-corrected chi connectivity index (χ0v) is 23.1. The number of hydrogen-bond acceptors (Lipinski definition) is 6. The number of esters is 1. The van der Waals surface area contributed by atoms with E-state index < -0.39 is 28.9 Å². The van der Waals surface area contributed by atoms with Crippen LogP contribution in [-0.2, 0) is 30.3 Å². The van der Waals surface area contributed by atoms with Gasteiger partial charge in [-0.1, -0.05) is 25.0 Å². The molecular weight excluding hydrogens is 474 g/mol. The SMILES string of the molecule is COCC[C@H](CC1(C(=O)N[C@@H](CCCc2ccc(OC)cc2)CC(=O)O)CCCC1)C(=O)OC(C)(C)C. The summed E-state index contributed by atoms with van der Waals surface area (Å²) in [6.07, 6.45) is 5.95. The molecule has 2 atom stereocenters. The largest absolute Gasteiger partial charge is 0.497 e. The van der Waals surface area contributed by atoms with Gasteiger partial charge in [0.1, 0.15) is 11.4 Å². The number of hydrogen-bond donors (Lipinski definition) is 2. The minimum absolute atomic E-state index is 0.135. The van der Waals surface area contributed by atoms with E-state index in [4.69, 9.17) is 14.2 Å². The molecule has 2 rings (SSSR count). The highest BCUT2D eigenvalue weighted by atomic mass is 16.6. The van der Waals surface area contributed by atoms with E-state index in [1.165, 1.54) is 0 Å². The fraction of sp³-hybridized carbons (Fsp3) is 0.690. The van der Waals surface area contributed by atoms with Crippen molar-refractivity contribution in [1.82, 2.24) is 5.32 Å². The summed E-state index contributed by atoms with van der Waals surface area (Å²) >= 11 is 0. The van der Waals surface area contributed by atoms with Crippen LogP contribution in [0.15, 0.2) is 24.3 Å². The van der Waals surface area contributed by atoms with Gasteiger partial charge in [-0.25, -0.2) is 0 Å². The van der Waals surface area contributed by atoms with Crippen LogP contribution in [0.2, 0.25) is 0 Å². The van der Waals surface area contributed by atoms with Crippen LogP contribution in [0.5, 0.6) is 5.75 Å². The molecule has 37 heavy (non-hydrogen) atoms. The maximum absolute atomic E-state index is 13.7. The first-order valence-corrected chi connectivity index (χ1v) is 13.4. The second-order valence-corrected chi connectivity index (χ2v) is 11.2. The van der Waals surface area contributed by atoms with Crippen LogP contribution in [0.4, 0.5) is 0 Å². The first kappa shape index (κ1) is 30.6. The molecule has 0 saturated heterocycles.